The molecule has 0 unspecified atom stereocenters. The van der Waals surface area contributed by atoms with Crippen LogP contribution in [0.15, 0.2) is 12.2 Å². The summed E-state index contributed by atoms with van der Waals surface area (Å²) < 4.78 is 4.84. The third-order valence-electron chi connectivity index (χ3n) is 1.80. The monoisotopic (exact) mass is 155 g/mol. The molecular formula is C8H13NO2. The van der Waals surface area contributed by atoms with Crippen LogP contribution < -0.4 is 5.73 Å². The molecule has 0 fully saturated rings. The van der Waals surface area contributed by atoms with E-state index in [9.17, 15) is 4.79 Å². The van der Waals surface area contributed by atoms with Crippen molar-refractivity contribution < 1.29 is 9.53 Å². The summed E-state index contributed by atoms with van der Waals surface area (Å²) in [6, 6.07) is -0.144. The van der Waals surface area contributed by atoms with Crippen molar-refractivity contribution in [1.82, 2.24) is 0 Å². The second-order valence-electron chi connectivity index (χ2n) is 2.60. The lowest BCUT2D eigenvalue weighted by atomic mass is 10.0. The highest BCUT2D eigenvalue weighted by Crippen LogP contribution is 2.18. The van der Waals surface area contributed by atoms with Crippen LogP contribution in [0.1, 0.15) is 13.3 Å². The van der Waals surface area contributed by atoms with E-state index < -0.39 is 0 Å². The number of ether oxygens (including phenoxy) is 1. The highest BCUT2D eigenvalue weighted by molar-refractivity contribution is 5.74. The number of carbonyl (C=O) groups is 1. The maximum absolute atomic E-state index is 11.1. The van der Waals surface area contributed by atoms with Crippen molar-refractivity contribution in [3.63, 3.8) is 0 Å². The van der Waals surface area contributed by atoms with Crippen molar-refractivity contribution in [3.05, 3.63) is 12.2 Å². The van der Waals surface area contributed by atoms with E-state index in [4.69, 9.17) is 10.5 Å². The zero-order valence-electron chi connectivity index (χ0n) is 6.62. The van der Waals surface area contributed by atoms with Gasteiger partial charge in [-0.1, -0.05) is 12.2 Å². The summed E-state index contributed by atoms with van der Waals surface area (Å²) >= 11 is 0. The maximum atomic E-state index is 11.1. The molecular weight excluding hydrogens is 142 g/mol. The van der Waals surface area contributed by atoms with Gasteiger partial charge in [0.25, 0.3) is 0 Å². The third kappa shape index (κ3) is 1.80. The number of hydrogen-bond donors (Lipinski definition) is 1. The smallest absolute Gasteiger partial charge is 0.311 e. The quantitative estimate of drug-likeness (QED) is 0.465. The van der Waals surface area contributed by atoms with Gasteiger partial charge >= 0.3 is 5.97 Å². The summed E-state index contributed by atoms with van der Waals surface area (Å²) in [6.07, 6.45) is 4.49. The highest BCUT2D eigenvalue weighted by atomic mass is 16.5. The molecule has 0 amide bonds. The standard InChI is InChI=1S/C8H13NO2/c1-2-11-8(10)6-4-3-5-7(6)9/h3,5-7H,2,4,9H2,1H3/t6-,7+/m1/s1. The van der Waals surface area contributed by atoms with E-state index in [1.165, 1.54) is 0 Å². The average Bonchev–Trinajstić information content (AvgIpc) is 2.36. The molecule has 62 valence electrons. The Morgan fingerprint density at radius 3 is 3.00 bits per heavy atom. The van der Waals surface area contributed by atoms with Crippen molar-refractivity contribution in [2.24, 2.45) is 11.7 Å². The van der Waals surface area contributed by atoms with Gasteiger partial charge in [0.2, 0.25) is 0 Å². The van der Waals surface area contributed by atoms with Crippen molar-refractivity contribution in [3.8, 4) is 0 Å². The van der Waals surface area contributed by atoms with Crippen LogP contribution in [0, 0.1) is 5.92 Å². The summed E-state index contributed by atoms with van der Waals surface area (Å²) in [5.74, 6) is -0.319. The molecule has 2 atom stereocenters. The molecule has 0 heterocycles. The molecule has 1 aliphatic rings. The van der Waals surface area contributed by atoms with Gasteiger partial charge in [-0.2, -0.15) is 0 Å². The van der Waals surface area contributed by atoms with Crippen LogP contribution in [0.2, 0.25) is 0 Å². The van der Waals surface area contributed by atoms with Gasteiger partial charge in [-0.25, -0.2) is 0 Å². The van der Waals surface area contributed by atoms with Crippen molar-refractivity contribution in [1.29, 1.82) is 0 Å². The predicted octanol–water partition coefficient (Wildman–Crippen LogP) is 0.453. The molecule has 0 aliphatic heterocycles. The molecule has 11 heavy (non-hydrogen) atoms. The first-order valence-electron chi connectivity index (χ1n) is 3.84. The van der Waals surface area contributed by atoms with Gasteiger partial charge in [0.1, 0.15) is 0 Å². The van der Waals surface area contributed by atoms with Crippen molar-refractivity contribution >= 4 is 5.97 Å². The van der Waals surface area contributed by atoms with E-state index in [-0.39, 0.29) is 17.9 Å². The summed E-state index contributed by atoms with van der Waals surface area (Å²) in [4.78, 5) is 11.1. The second-order valence-corrected chi connectivity index (χ2v) is 2.60. The molecule has 0 aromatic rings. The van der Waals surface area contributed by atoms with E-state index in [0.717, 1.165) is 6.42 Å². The Morgan fingerprint density at radius 2 is 2.55 bits per heavy atom. The number of rotatable bonds is 2. The van der Waals surface area contributed by atoms with Gasteiger partial charge in [-0.15, -0.1) is 0 Å². The molecule has 1 rings (SSSR count). The Morgan fingerprint density at radius 1 is 1.82 bits per heavy atom. The van der Waals surface area contributed by atoms with Crippen LogP contribution in [0.25, 0.3) is 0 Å². The van der Waals surface area contributed by atoms with Crippen LogP contribution in [0.5, 0.6) is 0 Å². The van der Waals surface area contributed by atoms with E-state index in [1.54, 1.807) is 6.92 Å². The molecule has 0 saturated carbocycles. The van der Waals surface area contributed by atoms with Crippen LogP contribution in [-0.2, 0) is 9.53 Å². The van der Waals surface area contributed by atoms with Gasteiger partial charge in [0, 0.05) is 6.04 Å². The third-order valence-corrected chi connectivity index (χ3v) is 1.80. The molecule has 2 N–H and O–H groups in total. The molecule has 1 aliphatic carbocycles. The molecule has 0 aromatic carbocycles. The van der Waals surface area contributed by atoms with E-state index in [0.29, 0.717) is 6.61 Å². The van der Waals surface area contributed by atoms with E-state index in [1.807, 2.05) is 12.2 Å². The largest absolute Gasteiger partial charge is 0.466 e. The van der Waals surface area contributed by atoms with Crippen molar-refractivity contribution in [2.45, 2.75) is 19.4 Å². The predicted molar refractivity (Wildman–Crippen MR) is 41.9 cm³/mol. The van der Waals surface area contributed by atoms with Crippen LogP contribution in [-0.4, -0.2) is 18.6 Å². The minimum atomic E-state index is -0.176. The molecule has 0 bridgehead atoms. The van der Waals surface area contributed by atoms with Crippen LogP contribution in [0.3, 0.4) is 0 Å². The zero-order valence-corrected chi connectivity index (χ0v) is 6.62. The Kier molecular flexibility index (Phi) is 2.65. The number of nitrogens with two attached hydrogens (primary N) is 1. The zero-order chi connectivity index (χ0) is 8.27. The maximum Gasteiger partial charge on any atom is 0.311 e. The fourth-order valence-corrected chi connectivity index (χ4v) is 1.18. The Balaban J connectivity index is 2.42. The molecule has 3 heteroatoms. The van der Waals surface area contributed by atoms with Gasteiger partial charge in [-0.3, -0.25) is 4.79 Å². The first-order valence-corrected chi connectivity index (χ1v) is 3.84. The summed E-state index contributed by atoms with van der Waals surface area (Å²) in [7, 11) is 0. The normalized spacial score (nSPS) is 28.9. The second kappa shape index (κ2) is 3.53. The SMILES string of the molecule is CCOC(=O)[C@@H]1CC=C[C@@H]1N. The lowest BCUT2D eigenvalue weighted by Crippen LogP contribution is -2.31. The topological polar surface area (TPSA) is 52.3 Å². The summed E-state index contributed by atoms with van der Waals surface area (Å²) in [5.41, 5.74) is 5.62. The first-order chi connectivity index (χ1) is 5.25. The highest BCUT2D eigenvalue weighted by Gasteiger charge is 2.27. The van der Waals surface area contributed by atoms with Crippen LogP contribution >= 0.6 is 0 Å². The number of esters is 1. The fourth-order valence-electron chi connectivity index (χ4n) is 1.18. The van der Waals surface area contributed by atoms with Gasteiger partial charge in [-0.05, 0) is 13.3 Å². The Bertz CT molecular complexity index is 177. The lowest BCUT2D eigenvalue weighted by molar-refractivity contribution is -0.147. The first kappa shape index (κ1) is 8.27. The molecule has 0 saturated heterocycles. The van der Waals surface area contributed by atoms with Crippen molar-refractivity contribution in [2.75, 3.05) is 6.61 Å². The number of allylic oxidation sites excluding steroid dienone is 1. The summed E-state index contributed by atoms with van der Waals surface area (Å²) in [5, 5.41) is 0. The molecule has 0 spiro atoms. The average molecular weight is 155 g/mol. The van der Waals surface area contributed by atoms with Crippen LogP contribution in [0.4, 0.5) is 0 Å². The van der Waals surface area contributed by atoms with Gasteiger partial charge < -0.3 is 10.5 Å². The van der Waals surface area contributed by atoms with Gasteiger partial charge in [0.15, 0.2) is 0 Å². The molecule has 0 aromatic heterocycles. The van der Waals surface area contributed by atoms with E-state index in [2.05, 4.69) is 0 Å². The number of hydrogen-bond acceptors (Lipinski definition) is 3. The summed E-state index contributed by atoms with van der Waals surface area (Å²) in [6.45, 7) is 2.23. The lowest BCUT2D eigenvalue weighted by Gasteiger charge is -2.12. The molecule has 3 nitrogen and oxygen atoms in total. The van der Waals surface area contributed by atoms with E-state index >= 15 is 0 Å². The Labute approximate surface area is 66.2 Å². The molecule has 0 radical (unpaired) electrons. The van der Waals surface area contributed by atoms with Gasteiger partial charge in [0.05, 0.1) is 12.5 Å². The number of carbonyl (C=O) groups excluding carboxylic acids is 1. The fraction of sp³-hybridized carbons (Fsp3) is 0.625. The minimum absolute atomic E-state index is 0.144. The minimum Gasteiger partial charge on any atom is -0.466 e. The Hall–Kier alpha value is -0.830.